The van der Waals surface area contributed by atoms with Crippen molar-refractivity contribution < 1.29 is 9.53 Å². The maximum absolute atomic E-state index is 11.8. The quantitative estimate of drug-likeness (QED) is 0.811. The standard InChI is InChI=1S/C12H20N4O2/c1-10(16-3-5-18-6-4-16)7-13-12(17)11-8-14-15(2)9-11/h8-10H,3-7H2,1-2H3,(H,13,17)/t10-/m1/s1. The molecule has 1 aliphatic heterocycles. The van der Waals surface area contributed by atoms with E-state index in [0.717, 1.165) is 26.3 Å². The normalized spacial score (nSPS) is 18.6. The Kier molecular flexibility index (Phi) is 4.33. The number of aryl methyl sites for hydroxylation is 1. The molecule has 1 fully saturated rings. The highest BCUT2D eigenvalue weighted by molar-refractivity contribution is 5.93. The summed E-state index contributed by atoms with van der Waals surface area (Å²) in [6.07, 6.45) is 3.30. The smallest absolute Gasteiger partial charge is 0.254 e. The zero-order chi connectivity index (χ0) is 13.0. The molecule has 0 unspecified atom stereocenters. The Bertz CT molecular complexity index is 399. The van der Waals surface area contributed by atoms with Gasteiger partial charge in [0.05, 0.1) is 25.0 Å². The number of ether oxygens (including phenoxy) is 1. The fraction of sp³-hybridized carbons (Fsp3) is 0.667. The van der Waals surface area contributed by atoms with Gasteiger partial charge in [0.2, 0.25) is 0 Å². The second-order valence-corrected chi connectivity index (χ2v) is 4.61. The molecule has 6 nitrogen and oxygen atoms in total. The average Bonchev–Trinajstić information content (AvgIpc) is 2.83. The number of hydrogen-bond donors (Lipinski definition) is 1. The number of rotatable bonds is 4. The first-order valence-corrected chi connectivity index (χ1v) is 6.25. The van der Waals surface area contributed by atoms with Crippen molar-refractivity contribution in [2.24, 2.45) is 7.05 Å². The summed E-state index contributed by atoms with van der Waals surface area (Å²) in [4.78, 5) is 14.2. The number of hydrogen-bond acceptors (Lipinski definition) is 4. The Morgan fingerprint density at radius 1 is 1.56 bits per heavy atom. The van der Waals surface area contributed by atoms with Gasteiger partial charge < -0.3 is 10.1 Å². The van der Waals surface area contributed by atoms with E-state index in [1.54, 1.807) is 24.1 Å². The highest BCUT2D eigenvalue weighted by Gasteiger charge is 2.17. The van der Waals surface area contributed by atoms with Gasteiger partial charge in [-0.15, -0.1) is 0 Å². The van der Waals surface area contributed by atoms with Crippen LogP contribution in [0.25, 0.3) is 0 Å². The van der Waals surface area contributed by atoms with Gasteiger partial charge in [0.15, 0.2) is 0 Å². The molecule has 0 bridgehead atoms. The third-order valence-electron chi connectivity index (χ3n) is 3.19. The molecular formula is C12H20N4O2. The van der Waals surface area contributed by atoms with Crippen LogP contribution in [0.5, 0.6) is 0 Å². The second-order valence-electron chi connectivity index (χ2n) is 4.61. The molecule has 0 aliphatic carbocycles. The van der Waals surface area contributed by atoms with Crippen LogP contribution in [0.3, 0.4) is 0 Å². The number of nitrogens with zero attached hydrogens (tertiary/aromatic N) is 3. The summed E-state index contributed by atoms with van der Waals surface area (Å²) in [7, 11) is 1.80. The molecule has 1 amide bonds. The predicted molar refractivity (Wildman–Crippen MR) is 67.4 cm³/mol. The molecule has 1 aromatic rings. The fourth-order valence-electron chi connectivity index (χ4n) is 2.03. The van der Waals surface area contributed by atoms with Crippen LogP contribution < -0.4 is 5.32 Å². The van der Waals surface area contributed by atoms with E-state index >= 15 is 0 Å². The van der Waals surface area contributed by atoms with Gasteiger partial charge in [-0.05, 0) is 6.92 Å². The van der Waals surface area contributed by atoms with Crippen LogP contribution in [0.2, 0.25) is 0 Å². The Balaban J connectivity index is 1.78. The number of aromatic nitrogens is 2. The molecule has 1 aliphatic rings. The third-order valence-corrected chi connectivity index (χ3v) is 3.19. The molecule has 2 heterocycles. The molecule has 1 saturated heterocycles. The lowest BCUT2D eigenvalue weighted by molar-refractivity contribution is 0.0204. The van der Waals surface area contributed by atoms with Crippen molar-refractivity contribution in [2.45, 2.75) is 13.0 Å². The molecule has 1 N–H and O–H groups in total. The van der Waals surface area contributed by atoms with Crippen LogP contribution in [0.1, 0.15) is 17.3 Å². The maximum Gasteiger partial charge on any atom is 0.254 e. The minimum atomic E-state index is -0.0665. The van der Waals surface area contributed by atoms with Gasteiger partial charge in [0, 0.05) is 38.9 Å². The highest BCUT2D eigenvalue weighted by Crippen LogP contribution is 2.03. The van der Waals surface area contributed by atoms with Crippen LogP contribution in [-0.4, -0.2) is 59.5 Å². The third kappa shape index (κ3) is 3.30. The summed E-state index contributed by atoms with van der Waals surface area (Å²) < 4.78 is 6.93. The maximum atomic E-state index is 11.8. The molecular weight excluding hydrogens is 232 g/mol. The van der Waals surface area contributed by atoms with E-state index in [1.807, 2.05) is 0 Å². The van der Waals surface area contributed by atoms with Crippen LogP contribution in [-0.2, 0) is 11.8 Å². The van der Waals surface area contributed by atoms with Crippen molar-refractivity contribution >= 4 is 5.91 Å². The zero-order valence-electron chi connectivity index (χ0n) is 10.9. The zero-order valence-corrected chi connectivity index (χ0v) is 10.9. The van der Waals surface area contributed by atoms with Gasteiger partial charge in [-0.1, -0.05) is 0 Å². The van der Waals surface area contributed by atoms with E-state index < -0.39 is 0 Å². The van der Waals surface area contributed by atoms with Crippen molar-refractivity contribution in [3.8, 4) is 0 Å². The molecule has 2 rings (SSSR count). The lowest BCUT2D eigenvalue weighted by Crippen LogP contribution is -2.47. The Labute approximate surface area is 107 Å². The number of carbonyl (C=O) groups excluding carboxylic acids is 1. The minimum absolute atomic E-state index is 0.0665. The first-order chi connectivity index (χ1) is 8.66. The number of amides is 1. The number of nitrogens with one attached hydrogen (secondary N) is 1. The molecule has 18 heavy (non-hydrogen) atoms. The number of morpholine rings is 1. The summed E-state index contributed by atoms with van der Waals surface area (Å²) in [6, 6.07) is 0.328. The monoisotopic (exact) mass is 252 g/mol. The Morgan fingerprint density at radius 2 is 2.28 bits per heavy atom. The first kappa shape index (κ1) is 13.0. The first-order valence-electron chi connectivity index (χ1n) is 6.25. The van der Waals surface area contributed by atoms with E-state index in [-0.39, 0.29) is 5.91 Å². The largest absolute Gasteiger partial charge is 0.379 e. The van der Waals surface area contributed by atoms with E-state index in [2.05, 4.69) is 22.2 Å². The predicted octanol–water partition coefficient (Wildman–Crippen LogP) is -0.129. The van der Waals surface area contributed by atoms with Crippen molar-refractivity contribution in [1.29, 1.82) is 0 Å². The Hall–Kier alpha value is -1.40. The molecule has 0 spiro atoms. The minimum Gasteiger partial charge on any atom is -0.379 e. The van der Waals surface area contributed by atoms with E-state index in [1.165, 1.54) is 0 Å². The average molecular weight is 252 g/mol. The molecule has 100 valence electrons. The lowest BCUT2D eigenvalue weighted by Gasteiger charge is -2.32. The second kappa shape index (κ2) is 5.97. The summed E-state index contributed by atoms with van der Waals surface area (Å²) in [5, 5.41) is 6.92. The van der Waals surface area contributed by atoms with Crippen LogP contribution in [0.4, 0.5) is 0 Å². The molecule has 1 aromatic heterocycles. The topological polar surface area (TPSA) is 59.4 Å². The molecule has 6 heteroatoms. The molecule has 0 radical (unpaired) electrons. The van der Waals surface area contributed by atoms with E-state index in [4.69, 9.17) is 4.74 Å². The van der Waals surface area contributed by atoms with Crippen LogP contribution in [0, 0.1) is 0 Å². The highest BCUT2D eigenvalue weighted by atomic mass is 16.5. The van der Waals surface area contributed by atoms with Crippen LogP contribution >= 0.6 is 0 Å². The number of carbonyl (C=O) groups is 1. The van der Waals surface area contributed by atoms with Crippen molar-refractivity contribution in [1.82, 2.24) is 20.0 Å². The summed E-state index contributed by atoms with van der Waals surface area (Å²) >= 11 is 0. The van der Waals surface area contributed by atoms with Crippen LogP contribution in [0.15, 0.2) is 12.4 Å². The van der Waals surface area contributed by atoms with E-state index in [0.29, 0.717) is 18.2 Å². The van der Waals surface area contributed by atoms with Gasteiger partial charge in [-0.2, -0.15) is 5.10 Å². The molecule has 1 atom stereocenters. The van der Waals surface area contributed by atoms with Crippen molar-refractivity contribution in [3.63, 3.8) is 0 Å². The summed E-state index contributed by atoms with van der Waals surface area (Å²) in [5.74, 6) is -0.0665. The SMILES string of the molecule is C[C@H](CNC(=O)c1cnn(C)c1)N1CCOCC1. The summed E-state index contributed by atoms with van der Waals surface area (Å²) in [5.41, 5.74) is 0.603. The van der Waals surface area contributed by atoms with Crippen molar-refractivity contribution in [2.75, 3.05) is 32.8 Å². The van der Waals surface area contributed by atoms with Gasteiger partial charge in [0.1, 0.15) is 0 Å². The van der Waals surface area contributed by atoms with Gasteiger partial charge in [-0.25, -0.2) is 0 Å². The molecule has 0 aromatic carbocycles. The fourth-order valence-corrected chi connectivity index (χ4v) is 2.03. The van der Waals surface area contributed by atoms with Gasteiger partial charge >= 0.3 is 0 Å². The Morgan fingerprint density at radius 3 is 2.89 bits per heavy atom. The molecule has 0 saturated carbocycles. The van der Waals surface area contributed by atoms with Gasteiger partial charge in [0.25, 0.3) is 5.91 Å². The van der Waals surface area contributed by atoms with Crippen molar-refractivity contribution in [3.05, 3.63) is 18.0 Å². The lowest BCUT2D eigenvalue weighted by atomic mass is 10.2. The summed E-state index contributed by atoms with van der Waals surface area (Å²) in [6.45, 7) is 6.19. The van der Waals surface area contributed by atoms with E-state index in [9.17, 15) is 4.79 Å². The van der Waals surface area contributed by atoms with Gasteiger partial charge in [-0.3, -0.25) is 14.4 Å².